The third-order valence-electron chi connectivity index (χ3n) is 3.83. The van der Waals surface area contributed by atoms with Gasteiger partial charge in [-0.2, -0.15) is 21.5 Å². The number of aromatic nitrogens is 2. The van der Waals surface area contributed by atoms with Crippen LogP contribution in [0.25, 0.3) is 0 Å². The minimum atomic E-state index is -3.80. The number of hydrogen-bond donors (Lipinski definition) is 1. The molecule has 27 heavy (non-hydrogen) atoms. The van der Waals surface area contributed by atoms with Crippen LogP contribution >= 0.6 is 11.8 Å². The molecule has 148 valence electrons. The number of likely N-dealkylation sites (N-methyl/N-ethyl adjacent to an activating group) is 1. The number of hydrogen-bond acceptors (Lipinski definition) is 7. The minimum absolute atomic E-state index is 0.120. The van der Waals surface area contributed by atoms with Gasteiger partial charge in [-0.1, -0.05) is 30.3 Å². The number of benzene rings is 1. The summed E-state index contributed by atoms with van der Waals surface area (Å²) in [6.07, 6.45) is 2.91. The van der Waals surface area contributed by atoms with Crippen LogP contribution in [0.3, 0.4) is 0 Å². The molecule has 0 aliphatic heterocycles. The van der Waals surface area contributed by atoms with E-state index in [1.54, 1.807) is 37.0 Å². The molecule has 0 radical (unpaired) electrons. The lowest BCUT2D eigenvalue weighted by Crippen LogP contribution is -2.47. The van der Waals surface area contributed by atoms with Crippen molar-refractivity contribution in [3.63, 3.8) is 0 Å². The van der Waals surface area contributed by atoms with Crippen LogP contribution in [0, 0.1) is 0 Å². The first-order chi connectivity index (χ1) is 12.9. The van der Waals surface area contributed by atoms with Crippen LogP contribution in [-0.4, -0.2) is 54.5 Å². The predicted octanol–water partition coefficient (Wildman–Crippen LogP) is 1.69. The zero-order chi connectivity index (χ0) is 19.9. The lowest BCUT2D eigenvalue weighted by Gasteiger charge is -2.23. The Labute approximate surface area is 163 Å². The van der Waals surface area contributed by atoms with Crippen LogP contribution in [0.15, 0.2) is 39.8 Å². The lowest BCUT2D eigenvalue weighted by atomic mass is 10.2. The topological polar surface area (TPSA) is 105 Å². The van der Waals surface area contributed by atoms with Crippen molar-refractivity contribution in [2.24, 2.45) is 0 Å². The van der Waals surface area contributed by atoms with Crippen LogP contribution in [-0.2, 0) is 27.8 Å². The van der Waals surface area contributed by atoms with Gasteiger partial charge in [0.25, 0.3) is 0 Å². The molecule has 0 fully saturated rings. The summed E-state index contributed by atoms with van der Waals surface area (Å²) in [6, 6.07) is 7.12. The van der Waals surface area contributed by atoms with Crippen LogP contribution in [0.1, 0.15) is 25.1 Å². The van der Waals surface area contributed by atoms with Gasteiger partial charge in [0.05, 0.1) is 11.4 Å². The molecular weight excluding hydrogens is 388 g/mol. The largest absolute Gasteiger partial charge is 0.337 e. The van der Waals surface area contributed by atoms with Gasteiger partial charge in [-0.15, -0.1) is 0 Å². The van der Waals surface area contributed by atoms with E-state index in [-0.39, 0.29) is 17.3 Å². The molecule has 2 aromatic rings. The van der Waals surface area contributed by atoms with Gasteiger partial charge in [-0.05, 0) is 30.6 Å². The number of carbonyl (C=O) groups is 1. The van der Waals surface area contributed by atoms with Crippen molar-refractivity contribution in [1.82, 2.24) is 19.8 Å². The highest BCUT2D eigenvalue weighted by Gasteiger charge is 2.28. The second-order valence-electron chi connectivity index (χ2n) is 5.92. The normalized spacial score (nSPS) is 12.7. The fourth-order valence-corrected chi connectivity index (χ4v) is 4.08. The Bertz CT molecular complexity index is 840. The van der Waals surface area contributed by atoms with Gasteiger partial charge >= 0.3 is 0 Å². The van der Waals surface area contributed by atoms with Crippen LogP contribution in [0.5, 0.6) is 0 Å². The fourth-order valence-electron chi connectivity index (χ4n) is 2.37. The Morgan fingerprint density at radius 3 is 2.63 bits per heavy atom. The first-order valence-corrected chi connectivity index (χ1v) is 11.4. The van der Waals surface area contributed by atoms with Crippen LogP contribution in [0.2, 0.25) is 0 Å². The fraction of sp³-hybridized carbons (Fsp3) is 0.471. The third-order valence-corrected chi connectivity index (χ3v) is 5.97. The maximum atomic E-state index is 12.8. The second-order valence-corrected chi connectivity index (χ2v) is 8.62. The molecule has 1 heterocycles. The Morgan fingerprint density at radius 2 is 2.04 bits per heavy atom. The van der Waals surface area contributed by atoms with Crippen molar-refractivity contribution >= 4 is 27.7 Å². The number of rotatable bonds is 10. The summed E-state index contributed by atoms with van der Waals surface area (Å²) in [4.78, 5) is 18.5. The maximum Gasteiger partial charge on any atom is 0.246 e. The first-order valence-electron chi connectivity index (χ1n) is 8.50. The molecule has 1 atom stereocenters. The zero-order valence-corrected chi connectivity index (χ0v) is 17.2. The van der Waals surface area contributed by atoms with Crippen molar-refractivity contribution in [2.75, 3.05) is 19.1 Å². The van der Waals surface area contributed by atoms with E-state index in [1.807, 2.05) is 13.2 Å². The molecule has 1 aromatic carbocycles. The van der Waals surface area contributed by atoms with Gasteiger partial charge in [-0.3, -0.25) is 4.79 Å². The molecule has 8 nitrogen and oxygen atoms in total. The molecular formula is C17H24N4O4S2. The molecule has 0 aliphatic rings. The first kappa shape index (κ1) is 21.4. The van der Waals surface area contributed by atoms with Gasteiger partial charge in [-0.25, -0.2) is 8.42 Å². The number of thioether (sulfide) groups is 1. The summed E-state index contributed by atoms with van der Waals surface area (Å²) in [5, 5.41) is 3.80. The SMILES string of the molecule is CCc1noc(CN(C)C(=O)C(CCSC)NS(=O)(=O)c2ccccc2)n1. The Kier molecular flexibility index (Phi) is 7.81. The van der Waals surface area contributed by atoms with Crippen LogP contribution in [0.4, 0.5) is 0 Å². The van der Waals surface area contributed by atoms with Gasteiger partial charge in [0.1, 0.15) is 6.04 Å². The average Bonchev–Trinajstić information content (AvgIpc) is 3.12. The number of amides is 1. The van der Waals surface area contributed by atoms with E-state index in [1.165, 1.54) is 17.0 Å². The molecule has 1 N–H and O–H groups in total. The van der Waals surface area contributed by atoms with Crippen molar-refractivity contribution in [3.8, 4) is 0 Å². The zero-order valence-electron chi connectivity index (χ0n) is 15.6. The number of nitrogens with zero attached hydrogens (tertiary/aromatic N) is 3. The van der Waals surface area contributed by atoms with Crippen molar-refractivity contribution in [1.29, 1.82) is 0 Å². The molecule has 1 amide bonds. The Hall–Kier alpha value is -1.91. The Morgan fingerprint density at radius 1 is 1.33 bits per heavy atom. The van der Waals surface area contributed by atoms with Gasteiger partial charge in [0.15, 0.2) is 5.82 Å². The van der Waals surface area contributed by atoms with Crippen molar-refractivity contribution in [3.05, 3.63) is 42.0 Å². The number of nitrogens with one attached hydrogen (secondary N) is 1. The summed E-state index contributed by atoms with van der Waals surface area (Å²) < 4.78 is 32.8. The molecule has 0 bridgehead atoms. The molecule has 0 aliphatic carbocycles. The molecule has 2 rings (SSSR count). The summed E-state index contributed by atoms with van der Waals surface area (Å²) in [5.74, 6) is 1.17. The van der Waals surface area contributed by atoms with E-state index in [9.17, 15) is 13.2 Å². The molecule has 0 saturated carbocycles. The smallest absolute Gasteiger partial charge is 0.246 e. The molecule has 0 saturated heterocycles. The van der Waals surface area contributed by atoms with E-state index in [4.69, 9.17) is 4.52 Å². The van der Waals surface area contributed by atoms with E-state index in [0.717, 1.165) is 0 Å². The third kappa shape index (κ3) is 6.05. The van der Waals surface area contributed by atoms with Crippen LogP contribution < -0.4 is 4.72 Å². The number of carbonyl (C=O) groups excluding carboxylic acids is 1. The molecule has 1 aromatic heterocycles. The standard InChI is InChI=1S/C17H24N4O4S2/c1-4-15-18-16(25-19-15)12-21(2)17(22)14(10-11-26-3)20-27(23,24)13-8-6-5-7-9-13/h5-9,14,20H,4,10-12H2,1-3H3. The highest BCUT2D eigenvalue weighted by Crippen LogP contribution is 2.13. The summed E-state index contributed by atoms with van der Waals surface area (Å²) >= 11 is 1.54. The Balaban J connectivity index is 2.12. The summed E-state index contributed by atoms with van der Waals surface area (Å²) in [6.45, 7) is 2.02. The quantitative estimate of drug-likeness (QED) is 0.633. The highest BCUT2D eigenvalue weighted by atomic mass is 32.2. The summed E-state index contributed by atoms with van der Waals surface area (Å²) in [5.41, 5.74) is 0. The van der Waals surface area contributed by atoms with Crippen molar-refractivity contribution < 1.29 is 17.7 Å². The number of sulfonamides is 1. The van der Waals surface area contributed by atoms with E-state index < -0.39 is 16.1 Å². The molecule has 0 spiro atoms. The summed E-state index contributed by atoms with van der Waals surface area (Å²) in [7, 11) is -2.21. The van der Waals surface area contributed by atoms with Gasteiger partial charge in [0, 0.05) is 13.5 Å². The minimum Gasteiger partial charge on any atom is -0.337 e. The van der Waals surface area contributed by atoms with Crippen molar-refractivity contribution in [2.45, 2.75) is 37.2 Å². The number of aryl methyl sites for hydroxylation is 1. The predicted molar refractivity (Wildman–Crippen MR) is 104 cm³/mol. The second kappa shape index (κ2) is 9.86. The maximum absolute atomic E-state index is 12.8. The van der Waals surface area contributed by atoms with Gasteiger partial charge < -0.3 is 9.42 Å². The average molecular weight is 413 g/mol. The lowest BCUT2D eigenvalue weighted by molar-refractivity contribution is -0.132. The monoisotopic (exact) mass is 412 g/mol. The van der Waals surface area contributed by atoms with E-state index in [0.29, 0.717) is 30.3 Å². The van der Waals surface area contributed by atoms with E-state index in [2.05, 4.69) is 14.9 Å². The van der Waals surface area contributed by atoms with E-state index >= 15 is 0 Å². The molecule has 10 heteroatoms. The molecule has 1 unspecified atom stereocenters. The van der Waals surface area contributed by atoms with Gasteiger partial charge in [0.2, 0.25) is 21.8 Å². The highest BCUT2D eigenvalue weighted by molar-refractivity contribution is 7.98.